The molecule has 3 N–H and O–H groups in total. The number of carbonyl (C=O) groups excluding carboxylic acids is 1. The number of anilines is 1. The Bertz CT molecular complexity index is 986. The number of nitrogens with one attached hydrogen (secondary N) is 3. The van der Waals surface area contributed by atoms with Crippen LogP contribution in [0.5, 0.6) is 0 Å². The lowest BCUT2D eigenvalue weighted by atomic mass is 10.1. The summed E-state index contributed by atoms with van der Waals surface area (Å²) in [6, 6.07) is 18.1. The second-order valence-corrected chi connectivity index (χ2v) is 7.22. The summed E-state index contributed by atoms with van der Waals surface area (Å²) in [5, 5.41) is 13.8. The number of benzene rings is 2. The molecule has 0 saturated carbocycles. The van der Waals surface area contributed by atoms with E-state index in [4.69, 9.17) is 0 Å². The van der Waals surface area contributed by atoms with E-state index in [0.29, 0.717) is 13.0 Å². The summed E-state index contributed by atoms with van der Waals surface area (Å²) in [4.78, 5) is 16.1. The highest BCUT2D eigenvalue weighted by Gasteiger charge is 2.03. The predicted octanol–water partition coefficient (Wildman–Crippen LogP) is 4.14. The van der Waals surface area contributed by atoms with Gasteiger partial charge in [0.15, 0.2) is 5.96 Å². The van der Waals surface area contributed by atoms with Crippen molar-refractivity contribution in [1.82, 2.24) is 20.4 Å². The molecule has 2 aromatic carbocycles. The predicted molar refractivity (Wildman–Crippen MR) is 141 cm³/mol. The summed E-state index contributed by atoms with van der Waals surface area (Å²) in [7, 11) is 1.76. The molecule has 0 aliphatic heterocycles. The van der Waals surface area contributed by atoms with Crippen molar-refractivity contribution in [2.75, 3.05) is 18.9 Å². The molecule has 0 aliphatic carbocycles. The van der Waals surface area contributed by atoms with Gasteiger partial charge in [-0.1, -0.05) is 31.2 Å². The van der Waals surface area contributed by atoms with Crippen molar-refractivity contribution in [3.63, 3.8) is 0 Å². The van der Waals surface area contributed by atoms with Crippen molar-refractivity contribution in [2.24, 2.45) is 4.99 Å². The fourth-order valence-electron chi connectivity index (χ4n) is 3.18. The lowest BCUT2D eigenvalue weighted by Gasteiger charge is -2.13. The SMILES string of the molecule is CCCC(=O)Nc1cccc(CNC(=NC)NCCc2ccc(-n3cccn3)cc2)c1.I. The average Bonchev–Trinajstić information content (AvgIpc) is 3.32. The number of hydrogen-bond donors (Lipinski definition) is 3. The van der Waals surface area contributed by atoms with Crippen LogP contribution < -0.4 is 16.0 Å². The van der Waals surface area contributed by atoms with Gasteiger partial charge in [0.1, 0.15) is 0 Å². The molecule has 8 heteroatoms. The molecule has 170 valence electrons. The Morgan fingerprint density at radius 2 is 1.88 bits per heavy atom. The maximum Gasteiger partial charge on any atom is 0.224 e. The van der Waals surface area contributed by atoms with Crippen LogP contribution in [0.4, 0.5) is 5.69 Å². The fourth-order valence-corrected chi connectivity index (χ4v) is 3.18. The van der Waals surface area contributed by atoms with Gasteiger partial charge in [-0.2, -0.15) is 5.10 Å². The molecular formula is C24H31IN6O. The van der Waals surface area contributed by atoms with Gasteiger partial charge < -0.3 is 16.0 Å². The largest absolute Gasteiger partial charge is 0.356 e. The van der Waals surface area contributed by atoms with Crippen molar-refractivity contribution >= 4 is 41.5 Å². The molecule has 0 bridgehead atoms. The smallest absolute Gasteiger partial charge is 0.224 e. The lowest BCUT2D eigenvalue weighted by molar-refractivity contribution is -0.116. The number of halogens is 1. The first-order valence-electron chi connectivity index (χ1n) is 10.6. The van der Waals surface area contributed by atoms with Gasteiger partial charge in [0, 0.05) is 44.6 Å². The third-order valence-electron chi connectivity index (χ3n) is 4.78. The molecular weight excluding hydrogens is 515 g/mol. The van der Waals surface area contributed by atoms with Gasteiger partial charge in [-0.15, -0.1) is 24.0 Å². The van der Waals surface area contributed by atoms with Crippen molar-refractivity contribution in [1.29, 1.82) is 0 Å². The van der Waals surface area contributed by atoms with E-state index < -0.39 is 0 Å². The molecule has 0 atom stereocenters. The minimum Gasteiger partial charge on any atom is -0.356 e. The zero-order valence-corrected chi connectivity index (χ0v) is 20.9. The number of carbonyl (C=O) groups is 1. The van der Waals surface area contributed by atoms with Crippen LogP contribution in [0.15, 0.2) is 72.0 Å². The second-order valence-electron chi connectivity index (χ2n) is 7.22. The Morgan fingerprint density at radius 1 is 1.06 bits per heavy atom. The van der Waals surface area contributed by atoms with E-state index in [9.17, 15) is 4.79 Å². The molecule has 3 rings (SSSR count). The maximum absolute atomic E-state index is 11.8. The van der Waals surface area contributed by atoms with Gasteiger partial charge in [-0.05, 0) is 54.3 Å². The van der Waals surface area contributed by atoms with Crippen LogP contribution in [0.25, 0.3) is 5.69 Å². The highest BCUT2D eigenvalue weighted by atomic mass is 127. The van der Waals surface area contributed by atoms with Gasteiger partial charge >= 0.3 is 0 Å². The molecule has 0 unspecified atom stereocenters. The van der Waals surface area contributed by atoms with E-state index in [-0.39, 0.29) is 29.9 Å². The molecule has 0 fully saturated rings. The van der Waals surface area contributed by atoms with E-state index >= 15 is 0 Å². The van der Waals surface area contributed by atoms with Crippen molar-refractivity contribution < 1.29 is 4.79 Å². The minimum absolute atomic E-state index is 0. The molecule has 1 heterocycles. The van der Waals surface area contributed by atoms with E-state index in [0.717, 1.165) is 42.3 Å². The zero-order chi connectivity index (χ0) is 21.9. The Kier molecular flexibility index (Phi) is 10.7. The van der Waals surface area contributed by atoms with Crippen LogP contribution in [0.1, 0.15) is 30.9 Å². The monoisotopic (exact) mass is 546 g/mol. The number of rotatable bonds is 9. The number of guanidine groups is 1. The molecule has 0 radical (unpaired) electrons. The fraction of sp³-hybridized carbons (Fsp3) is 0.292. The topological polar surface area (TPSA) is 83.3 Å². The Labute approximate surface area is 206 Å². The van der Waals surface area contributed by atoms with Crippen LogP contribution in [-0.2, 0) is 17.8 Å². The zero-order valence-electron chi connectivity index (χ0n) is 18.5. The van der Waals surface area contributed by atoms with E-state index in [1.807, 2.05) is 48.1 Å². The first-order chi connectivity index (χ1) is 15.2. The number of aliphatic imine (C=N–C) groups is 1. The molecule has 0 spiro atoms. The van der Waals surface area contributed by atoms with E-state index in [2.05, 4.69) is 50.3 Å². The molecule has 7 nitrogen and oxygen atoms in total. The molecule has 0 aliphatic rings. The molecule has 1 aromatic heterocycles. The van der Waals surface area contributed by atoms with Crippen LogP contribution >= 0.6 is 24.0 Å². The minimum atomic E-state index is 0. The van der Waals surface area contributed by atoms with Gasteiger partial charge in [0.2, 0.25) is 5.91 Å². The van der Waals surface area contributed by atoms with Crippen molar-refractivity contribution in [3.8, 4) is 5.69 Å². The van der Waals surface area contributed by atoms with Crippen LogP contribution in [0.3, 0.4) is 0 Å². The summed E-state index contributed by atoms with van der Waals surface area (Å²) in [6.45, 7) is 3.39. The third-order valence-corrected chi connectivity index (χ3v) is 4.78. The number of hydrogen-bond acceptors (Lipinski definition) is 3. The number of aromatic nitrogens is 2. The maximum atomic E-state index is 11.8. The first kappa shape index (κ1) is 25.4. The molecule has 0 saturated heterocycles. The quantitative estimate of drug-likeness (QED) is 0.214. The van der Waals surface area contributed by atoms with Gasteiger partial charge in [-0.3, -0.25) is 9.79 Å². The summed E-state index contributed by atoms with van der Waals surface area (Å²) in [6.07, 6.45) is 5.96. The van der Waals surface area contributed by atoms with Crippen LogP contribution in [0, 0.1) is 0 Å². The van der Waals surface area contributed by atoms with Gasteiger partial charge in [-0.25, -0.2) is 4.68 Å². The summed E-state index contributed by atoms with van der Waals surface area (Å²) in [5.74, 6) is 0.788. The highest BCUT2D eigenvalue weighted by molar-refractivity contribution is 14.0. The third kappa shape index (κ3) is 7.99. The number of nitrogens with zero attached hydrogens (tertiary/aromatic N) is 3. The number of amides is 1. The highest BCUT2D eigenvalue weighted by Crippen LogP contribution is 2.11. The van der Waals surface area contributed by atoms with Gasteiger partial charge in [0.05, 0.1) is 5.69 Å². The average molecular weight is 546 g/mol. The van der Waals surface area contributed by atoms with E-state index in [1.165, 1.54) is 5.56 Å². The Hall–Kier alpha value is -2.88. The van der Waals surface area contributed by atoms with Crippen LogP contribution in [-0.4, -0.2) is 35.2 Å². The Morgan fingerprint density at radius 3 is 2.56 bits per heavy atom. The molecule has 1 amide bonds. The lowest BCUT2D eigenvalue weighted by Crippen LogP contribution is -2.37. The first-order valence-corrected chi connectivity index (χ1v) is 10.6. The standard InChI is InChI=1S/C24H30N6O.HI/c1-3-6-23(31)29-21-8-4-7-20(17-21)18-27-24(25-2)26-15-13-19-9-11-22(12-10-19)30-16-5-14-28-30;/h4-5,7-12,14,16-17H,3,6,13,15,18H2,1-2H3,(H,29,31)(H2,25,26,27);1H. The molecule has 3 aromatic rings. The summed E-state index contributed by atoms with van der Waals surface area (Å²) in [5.41, 5.74) is 4.19. The second kappa shape index (κ2) is 13.5. The Balaban J connectivity index is 0.00000363. The van der Waals surface area contributed by atoms with Gasteiger partial charge in [0.25, 0.3) is 0 Å². The van der Waals surface area contributed by atoms with Crippen molar-refractivity contribution in [2.45, 2.75) is 32.7 Å². The normalized spacial score (nSPS) is 10.9. The van der Waals surface area contributed by atoms with E-state index in [1.54, 1.807) is 13.2 Å². The van der Waals surface area contributed by atoms with Crippen LogP contribution in [0.2, 0.25) is 0 Å². The summed E-state index contributed by atoms with van der Waals surface area (Å²) < 4.78 is 1.85. The summed E-state index contributed by atoms with van der Waals surface area (Å²) >= 11 is 0. The molecule has 32 heavy (non-hydrogen) atoms. The van der Waals surface area contributed by atoms with Crippen molar-refractivity contribution in [3.05, 3.63) is 78.1 Å².